The van der Waals surface area contributed by atoms with Gasteiger partial charge in [0, 0.05) is 0 Å². The Kier molecular flexibility index (Phi) is 2.95. The highest BCUT2D eigenvalue weighted by molar-refractivity contribution is 14.1. The summed E-state index contributed by atoms with van der Waals surface area (Å²) in [5, 5.41) is 0.514. The number of nitrogens with two attached hydrogens (primary N) is 1. The van der Waals surface area contributed by atoms with Gasteiger partial charge in [0.2, 0.25) is 0 Å². The molecule has 11 heavy (non-hydrogen) atoms. The minimum absolute atomic E-state index is 0.514. The molecule has 0 aromatic carbocycles. The van der Waals surface area contributed by atoms with Crippen LogP contribution in [0.4, 0.5) is 5.69 Å². The van der Waals surface area contributed by atoms with E-state index in [2.05, 4.69) is 27.6 Å². The molecule has 4 heteroatoms. The number of nitrogen functional groups attached to an aromatic ring is 1. The van der Waals surface area contributed by atoms with Gasteiger partial charge in [-0.2, -0.15) is 0 Å². The highest BCUT2D eigenvalue weighted by atomic mass is 127. The van der Waals surface area contributed by atoms with Crippen LogP contribution in [0.15, 0.2) is 6.07 Å². The van der Waals surface area contributed by atoms with Crippen LogP contribution in [-0.4, -0.2) is 4.98 Å². The molecule has 1 heterocycles. The smallest absolute Gasteiger partial charge is 0.130 e. The van der Waals surface area contributed by atoms with Crippen molar-refractivity contribution in [3.8, 4) is 0 Å². The second-order valence-electron chi connectivity index (χ2n) is 2.16. The van der Waals surface area contributed by atoms with E-state index in [0.29, 0.717) is 5.15 Å². The molecule has 0 fully saturated rings. The number of aryl methyl sites for hydroxylation is 1. The number of hydrogen-bond donors (Lipinski definition) is 1. The zero-order chi connectivity index (χ0) is 8.43. The fraction of sp³-hybridized carbons (Fsp3) is 0.286. The van der Waals surface area contributed by atoms with E-state index in [-0.39, 0.29) is 0 Å². The third-order valence-electron chi connectivity index (χ3n) is 1.45. The van der Waals surface area contributed by atoms with Crippen molar-refractivity contribution in [3.63, 3.8) is 0 Å². The molecule has 1 aromatic heterocycles. The number of hydrogen-bond acceptors (Lipinski definition) is 2. The summed E-state index contributed by atoms with van der Waals surface area (Å²) in [5.41, 5.74) is 7.55. The Bertz CT molecular complexity index is 275. The maximum absolute atomic E-state index is 5.73. The molecule has 0 aliphatic rings. The zero-order valence-corrected chi connectivity index (χ0v) is 8.98. The van der Waals surface area contributed by atoms with Gasteiger partial charge in [-0.15, -0.1) is 0 Å². The summed E-state index contributed by atoms with van der Waals surface area (Å²) in [6.07, 6.45) is 0.893. The molecule has 0 amide bonds. The van der Waals surface area contributed by atoms with Crippen LogP contribution in [0, 0.1) is 3.70 Å². The van der Waals surface area contributed by atoms with Crippen molar-refractivity contribution < 1.29 is 0 Å². The topological polar surface area (TPSA) is 38.9 Å². The minimum Gasteiger partial charge on any atom is -0.396 e. The van der Waals surface area contributed by atoms with Crippen molar-refractivity contribution in [2.75, 3.05) is 5.73 Å². The average Bonchev–Trinajstić information content (AvgIpc) is 1.96. The summed E-state index contributed by atoms with van der Waals surface area (Å²) in [7, 11) is 0. The van der Waals surface area contributed by atoms with Crippen LogP contribution in [-0.2, 0) is 6.42 Å². The first-order chi connectivity index (χ1) is 5.15. The number of anilines is 1. The second-order valence-corrected chi connectivity index (χ2v) is 3.57. The second kappa shape index (κ2) is 3.58. The van der Waals surface area contributed by atoms with Gasteiger partial charge in [-0.1, -0.05) is 18.5 Å². The van der Waals surface area contributed by atoms with Gasteiger partial charge in [-0.3, -0.25) is 0 Å². The molecule has 60 valence electrons. The SMILES string of the molecule is CCc1cc(Cl)nc(I)c1N. The zero-order valence-electron chi connectivity index (χ0n) is 6.06. The summed E-state index contributed by atoms with van der Waals surface area (Å²) in [6, 6.07) is 1.80. The van der Waals surface area contributed by atoms with Crippen molar-refractivity contribution in [2.45, 2.75) is 13.3 Å². The monoisotopic (exact) mass is 282 g/mol. The van der Waals surface area contributed by atoms with E-state index in [1.54, 1.807) is 6.07 Å². The van der Waals surface area contributed by atoms with Crippen LogP contribution in [0.5, 0.6) is 0 Å². The molecule has 0 saturated heterocycles. The predicted molar refractivity (Wildman–Crippen MR) is 55.8 cm³/mol. The van der Waals surface area contributed by atoms with Gasteiger partial charge in [0.25, 0.3) is 0 Å². The third-order valence-corrected chi connectivity index (χ3v) is 2.46. The fourth-order valence-corrected chi connectivity index (χ4v) is 1.80. The quantitative estimate of drug-likeness (QED) is 0.635. The van der Waals surface area contributed by atoms with Crippen molar-refractivity contribution in [2.24, 2.45) is 0 Å². The molecule has 2 N–H and O–H groups in total. The largest absolute Gasteiger partial charge is 0.396 e. The van der Waals surface area contributed by atoms with Crippen LogP contribution in [0.25, 0.3) is 0 Å². The van der Waals surface area contributed by atoms with E-state index in [4.69, 9.17) is 17.3 Å². The molecule has 0 atom stereocenters. The lowest BCUT2D eigenvalue weighted by Gasteiger charge is -2.04. The third kappa shape index (κ3) is 1.96. The van der Waals surface area contributed by atoms with Gasteiger partial charge >= 0.3 is 0 Å². The maximum atomic E-state index is 5.73. The molecule has 0 radical (unpaired) electrons. The Balaban J connectivity index is 3.24. The molecule has 0 bridgehead atoms. The van der Waals surface area contributed by atoms with Gasteiger partial charge in [-0.25, -0.2) is 4.98 Å². The first-order valence-electron chi connectivity index (χ1n) is 3.25. The number of halogens is 2. The fourth-order valence-electron chi connectivity index (χ4n) is 0.833. The Morgan fingerprint density at radius 3 is 2.91 bits per heavy atom. The average molecular weight is 283 g/mol. The molecule has 0 spiro atoms. The molecule has 0 aliphatic heterocycles. The van der Waals surface area contributed by atoms with Crippen LogP contribution < -0.4 is 5.73 Å². The van der Waals surface area contributed by atoms with Crippen molar-refractivity contribution in [1.82, 2.24) is 4.98 Å². The summed E-state index contributed by atoms with van der Waals surface area (Å²) < 4.78 is 0.784. The first kappa shape index (κ1) is 9.06. The van der Waals surface area contributed by atoms with Crippen molar-refractivity contribution in [3.05, 3.63) is 20.5 Å². The van der Waals surface area contributed by atoms with E-state index >= 15 is 0 Å². The lowest BCUT2D eigenvalue weighted by molar-refractivity contribution is 1.11. The Morgan fingerprint density at radius 2 is 2.36 bits per heavy atom. The van der Waals surface area contributed by atoms with E-state index < -0.39 is 0 Å². The molecular formula is C7H8ClIN2. The number of pyridine rings is 1. The Morgan fingerprint density at radius 1 is 1.73 bits per heavy atom. The highest BCUT2D eigenvalue weighted by Gasteiger charge is 2.03. The Hall–Kier alpha value is -0.0300. The summed E-state index contributed by atoms with van der Waals surface area (Å²) in [4.78, 5) is 4.01. The van der Waals surface area contributed by atoms with Gasteiger partial charge < -0.3 is 5.73 Å². The summed E-state index contributed by atoms with van der Waals surface area (Å²) >= 11 is 7.81. The number of aromatic nitrogens is 1. The summed E-state index contributed by atoms with van der Waals surface area (Å²) in [6.45, 7) is 2.04. The molecule has 0 aliphatic carbocycles. The first-order valence-corrected chi connectivity index (χ1v) is 4.71. The number of rotatable bonds is 1. The number of nitrogens with zero attached hydrogens (tertiary/aromatic N) is 1. The molecule has 1 rings (SSSR count). The molecule has 0 unspecified atom stereocenters. The van der Waals surface area contributed by atoms with Crippen LogP contribution in [0.1, 0.15) is 12.5 Å². The van der Waals surface area contributed by atoms with Gasteiger partial charge in [0.15, 0.2) is 0 Å². The van der Waals surface area contributed by atoms with Crippen LogP contribution in [0.2, 0.25) is 5.15 Å². The highest BCUT2D eigenvalue weighted by Crippen LogP contribution is 2.21. The van der Waals surface area contributed by atoms with Crippen molar-refractivity contribution in [1.29, 1.82) is 0 Å². The van der Waals surface area contributed by atoms with E-state index in [1.807, 2.05) is 6.92 Å². The van der Waals surface area contributed by atoms with Gasteiger partial charge in [0.1, 0.15) is 8.85 Å². The van der Waals surface area contributed by atoms with E-state index in [9.17, 15) is 0 Å². The standard InChI is InChI=1S/C7H8ClIN2/c1-2-4-3-5(8)11-7(9)6(4)10/h3H,2,10H2,1H3. The van der Waals surface area contributed by atoms with Crippen molar-refractivity contribution >= 4 is 39.9 Å². The lowest BCUT2D eigenvalue weighted by Crippen LogP contribution is -1.98. The predicted octanol–water partition coefficient (Wildman–Crippen LogP) is 2.48. The molecule has 0 saturated carbocycles. The summed E-state index contributed by atoms with van der Waals surface area (Å²) in [5.74, 6) is 0. The lowest BCUT2D eigenvalue weighted by atomic mass is 10.2. The molecular weight excluding hydrogens is 274 g/mol. The molecule has 1 aromatic rings. The molecule has 2 nitrogen and oxygen atoms in total. The maximum Gasteiger partial charge on any atom is 0.130 e. The normalized spacial score (nSPS) is 10.1. The van der Waals surface area contributed by atoms with E-state index in [0.717, 1.165) is 21.4 Å². The van der Waals surface area contributed by atoms with Gasteiger partial charge in [-0.05, 0) is 40.6 Å². The van der Waals surface area contributed by atoms with Gasteiger partial charge in [0.05, 0.1) is 5.69 Å². The Labute approximate surface area is 84.3 Å². The van der Waals surface area contributed by atoms with Crippen LogP contribution in [0.3, 0.4) is 0 Å². The van der Waals surface area contributed by atoms with Crippen LogP contribution >= 0.6 is 34.2 Å². The van der Waals surface area contributed by atoms with E-state index in [1.165, 1.54) is 0 Å². The minimum atomic E-state index is 0.514.